The molecule has 0 aromatic heterocycles. The van der Waals surface area contributed by atoms with E-state index in [2.05, 4.69) is 0 Å². The first-order valence-electron chi connectivity index (χ1n) is 19.5. The van der Waals surface area contributed by atoms with Crippen LogP contribution >= 0.6 is 0 Å². The smallest absolute Gasteiger partial charge is 0.141 e. The van der Waals surface area contributed by atoms with Gasteiger partial charge in [0.15, 0.2) is 0 Å². The summed E-state index contributed by atoms with van der Waals surface area (Å²) in [5, 5.41) is 0. The molecule has 2 aliphatic rings. The van der Waals surface area contributed by atoms with E-state index in [1.807, 2.05) is 72.8 Å². The quantitative estimate of drug-likeness (QED) is 0.156. The SMILES string of the molecule is [2H]C([2H])([2H])[N+](CCCCCC[N+](C1c2ccccc2-c2ccccc21)(C([2H])([2H])[2H])C([2H])([2H])[2H])(C1c2ccccc2-c2ccccc21)C([2H])([2H])[2H]. The summed E-state index contributed by atoms with van der Waals surface area (Å²) in [5.74, 6) is 0. The molecule has 2 heteroatoms. The van der Waals surface area contributed by atoms with Gasteiger partial charge in [-0.25, -0.2) is 0 Å². The maximum atomic E-state index is 8.71. The van der Waals surface area contributed by atoms with E-state index in [4.69, 9.17) is 16.4 Å². The molecule has 4 aromatic rings. The summed E-state index contributed by atoms with van der Waals surface area (Å²) in [6, 6.07) is 27.6. The van der Waals surface area contributed by atoms with Crippen LogP contribution in [0.4, 0.5) is 0 Å². The molecule has 0 fully saturated rings. The van der Waals surface area contributed by atoms with Gasteiger partial charge in [-0.15, -0.1) is 0 Å². The van der Waals surface area contributed by atoms with Crippen molar-refractivity contribution in [3.05, 3.63) is 119 Å². The van der Waals surface area contributed by atoms with Crippen molar-refractivity contribution < 1.29 is 25.4 Å². The summed E-state index contributed by atoms with van der Waals surface area (Å²) in [4.78, 5) is 0. The van der Waals surface area contributed by atoms with Crippen LogP contribution in [0.5, 0.6) is 0 Å². The first-order chi connectivity index (χ1) is 23.4. The lowest BCUT2D eigenvalue weighted by Crippen LogP contribution is -2.44. The first kappa shape index (κ1) is 14.8. The predicted molar refractivity (Wildman–Crippen MR) is 160 cm³/mol. The Bertz CT molecular complexity index is 1600. The molecule has 0 aliphatic heterocycles. The molecule has 0 N–H and O–H groups in total. The molecule has 0 spiro atoms. The molecule has 0 saturated carbocycles. The highest BCUT2D eigenvalue weighted by Crippen LogP contribution is 2.49. The lowest BCUT2D eigenvalue weighted by Gasteiger charge is -2.38. The summed E-state index contributed by atoms with van der Waals surface area (Å²) in [6.07, 6.45) is 1.24. The number of benzene rings is 4. The van der Waals surface area contributed by atoms with Crippen LogP contribution in [0.15, 0.2) is 97.1 Å². The van der Waals surface area contributed by atoms with Gasteiger partial charge in [0.1, 0.15) is 12.1 Å². The van der Waals surface area contributed by atoms with Crippen LogP contribution in [0.25, 0.3) is 22.3 Å². The fourth-order valence-corrected chi connectivity index (χ4v) is 6.54. The highest BCUT2D eigenvalue weighted by atomic mass is 15.3. The van der Waals surface area contributed by atoms with Crippen LogP contribution in [0.3, 0.4) is 0 Å². The average molecular weight is 515 g/mol. The van der Waals surface area contributed by atoms with E-state index in [0.29, 0.717) is 35.1 Å². The van der Waals surface area contributed by atoms with Gasteiger partial charge in [0.2, 0.25) is 0 Å². The lowest BCUT2D eigenvalue weighted by molar-refractivity contribution is -0.915. The third-order valence-corrected chi connectivity index (χ3v) is 8.26. The molecule has 0 heterocycles. The van der Waals surface area contributed by atoms with Crippen molar-refractivity contribution in [2.75, 3.05) is 41.0 Å². The maximum absolute atomic E-state index is 8.71. The van der Waals surface area contributed by atoms with Crippen molar-refractivity contribution in [1.82, 2.24) is 0 Å². The molecule has 0 atom stereocenters. The third-order valence-electron chi connectivity index (χ3n) is 8.26. The first-order valence-corrected chi connectivity index (χ1v) is 13.5. The van der Waals surface area contributed by atoms with Crippen molar-refractivity contribution in [1.29, 1.82) is 0 Å². The van der Waals surface area contributed by atoms with Crippen LogP contribution in [-0.4, -0.2) is 50.0 Å². The van der Waals surface area contributed by atoms with E-state index >= 15 is 0 Å². The van der Waals surface area contributed by atoms with Gasteiger partial charge in [-0.05, 0) is 47.9 Å². The number of hydrogen-bond donors (Lipinski definition) is 0. The largest absolute Gasteiger partial charge is 0.318 e. The Hall–Kier alpha value is -3.20. The predicted octanol–water partition coefficient (Wildman–Crippen LogP) is 8.24. The Morgan fingerprint density at radius 3 is 1.03 bits per heavy atom. The number of nitrogens with zero attached hydrogens (tertiary/aromatic N) is 2. The third kappa shape index (κ3) is 4.30. The molecule has 194 valence electrons. The highest BCUT2D eigenvalue weighted by molar-refractivity contribution is 5.78. The second-order valence-corrected chi connectivity index (χ2v) is 10.8. The fourth-order valence-electron chi connectivity index (χ4n) is 6.54. The molecule has 0 radical (unpaired) electrons. The van der Waals surface area contributed by atoms with E-state index in [-0.39, 0.29) is 25.9 Å². The molecule has 0 bridgehead atoms. The molecular weight excluding hydrogens is 460 g/mol. The molecule has 2 aliphatic carbocycles. The van der Waals surface area contributed by atoms with Crippen LogP contribution in [0.2, 0.25) is 0 Å². The number of quaternary nitrogens is 2. The monoisotopic (exact) mass is 514 g/mol. The molecule has 4 aromatic carbocycles. The van der Waals surface area contributed by atoms with Crippen LogP contribution < -0.4 is 0 Å². The standard InChI is InChI=1S/C36H42N2/c1-37(2,35-31-21-11-7-17-27(31)28-18-8-12-22-32(28)35)25-15-5-6-16-26-38(3,4)36-33-23-13-9-19-29(33)30-20-10-14-24-34(30)36/h7-14,17-24,35-36H,5-6,15-16,25-26H2,1-4H3/q+2/i1D3,2D3,3D3,4D3. The van der Waals surface area contributed by atoms with E-state index < -0.39 is 49.0 Å². The van der Waals surface area contributed by atoms with E-state index in [9.17, 15) is 0 Å². The van der Waals surface area contributed by atoms with Crippen molar-refractivity contribution in [2.24, 2.45) is 0 Å². The van der Waals surface area contributed by atoms with Crippen molar-refractivity contribution in [2.45, 2.75) is 37.8 Å². The summed E-state index contributed by atoms with van der Waals surface area (Å²) >= 11 is 0. The number of unbranched alkanes of at least 4 members (excludes halogenated alkanes) is 3. The second-order valence-electron chi connectivity index (χ2n) is 10.8. The Morgan fingerprint density at radius 2 is 0.737 bits per heavy atom. The van der Waals surface area contributed by atoms with Gasteiger partial charge in [-0.3, -0.25) is 0 Å². The van der Waals surface area contributed by atoms with Gasteiger partial charge in [-0.2, -0.15) is 0 Å². The summed E-state index contributed by atoms with van der Waals surface area (Å²) in [5.41, 5.74) is 5.94. The molecule has 38 heavy (non-hydrogen) atoms. The second kappa shape index (κ2) is 9.84. The minimum Gasteiger partial charge on any atom is -0.318 e. The lowest BCUT2D eigenvalue weighted by atomic mass is 10.00. The van der Waals surface area contributed by atoms with Gasteiger partial charge in [0.05, 0.1) is 57.4 Å². The van der Waals surface area contributed by atoms with Gasteiger partial charge in [0.25, 0.3) is 0 Å². The normalized spacial score (nSPS) is 20.7. The Morgan fingerprint density at radius 1 is 0.447 bits per heavy atom. The summed E-state index contributed by atoms with van der Waals surface area (Å²) in [6.45, 7) is -12.0. The Kier molecular flexibility index (Phi) is 3.84. The molecule has 2 nitrogen and oxygen atoms in total. The van der Waals surface area contributed by atoms with Gasteiger partial charge < -0.3 is 8.97 Å². The zero-order chi connectivity index (χ0) is 36.3. The summed E-state index contributed by atoms with van der Waals surface area (Å²) in [7, 11) is 0. The van der Waals surface area contributed by atoms with Crippen molar-refractivity contribution in [3.63, 3.8) is 0 Å². The van der Waals surface area contributed by atoms with E-state index in [0.717, 1.165) is 22.3 Å². The topological polar surface area (TPSA) is 0 Å². The minimum atomic E-state index is -2.90. The summed E-state index contributed by atoms with van der Waals surface area (Å²) < 4.78 is 102. The van der Waals surface area contributed by atoms with Crippen LogP contribution in [-0.2, 0) is 0 Å². The molecule has 6 rings (SSSR count). The molecule has 0 amide bonds. The van der Waals surface area contributed by atoms with E-state index in [1.54, 1.807) is 24.3 Å². The Labute approximate surface area is 246 Å². The van der Waals surface area contributed by atoms with E-state index in [1.165, 1.54) is 0 Å². The molecular formula is C36H42N2+2. The number of fused-ring (bicyclic) bond motifs is 6. The fraction of sp³-hybridized carbons (Fsp3) is 0.333. The average Bonchev–Trinajstić information content (AvgIpc) is 3.54. The number of hydrogen-bond acceptors (Lipinski definition) is 0. The highest BCUT2D eigenvalue weighted by Gasteiger charge is 2.40. The van der Waals surface area contributed by atoms with Gasteiger partial charge >= 0.3 is 0 Å². The Balaban J connectivity index is 1.29. The van der Waals surface area contributed by atoms with Crippen molar-refractivity contribution in [3.8, 4) is 22.3 Å². The van der Waals surface area contributed by atoms with Gasteiger partial charge in [0, 0.05) is 22.3 Å². The molecule has 0 unspecified atom stereocenters. The minimum absolute atomic E-state index is 0.178. The van der Waals surface area contributed by atoms with Crippen molar-refractivity contribution >= 4 is 0 Å². The zero-order valence-corrected chi connectivity index (χ0v) is 21.5. The van der Waals surface area contributed by atoms with Gasteiger partial charge in [-0.1, -0.05) is 97.1 Å². The maximum Gasteiger partial charge on any atom is 0.141 e. The zero-order valence-electron chi connectivity index (χ0n) is 33.5. The van der Waals surface area contributed by atoms with Crippen LogP contribution in [0, 0.1) is 0 Å². The van der Waals surface area contributed by atoms with Crippen LogP contribution in [0.1, 0.15) is 76.5 Å². The molecule has 0 saturated heterocycles. The number of rotatable bonds is 9.